The Balaban J connectivity index is 1.32. The van der Waals surface area contributed by atoms with E-state index in [1.165, 1.54) is 6.92 Å². The number of anilines is 1. The van der Waals surface area contributed by atoms with Gasteiger partial charge in [0.1, 0.15) is 24.3 Å². The molecule has 1 saturated heterocycles. The van der Waals surface area contributed by atoms with Crippen LogP contribution in [0.5, 0.6) is 5.88 Å². The molecule has 1 aliphatic carbocycles. The second-order valence-corrected chi connectivity index (χ2v) is 9.37. The van der Waals surface area contributed by atoms with Gasteiger partial charge in [-0.25, -0.2) is 9.98 Å². The van der Waals surface area contributed by atoms with Gasteiger partial charge in [0.05, 0.1) is 36.9 Å². The van der Waals surface area contributed by atoms with Gasteiger partial charge in [-0.15, -0.1) is 0 Å². The standard InChI is InChI=1S/C27H37N7O4/c1-19(37-14-11-29-20(2)35)18-31-27(28-3)32-21-6-8-22(9-7-21)38-26-23-5-4-10-30-24(23)17-25(33-26)34-12-15-36-16-13-34/h4-5,10,17-18,21-22H,3,6-9,11-16H2,1-2H3,(H,29,35)(H,31,32)/b19-18+/t21-,22+. The number of hydrogen-bond donors (Lipinski definition) is 2. The molecule has 11 nitrogen and oxygen atoms in total. The minimum atomic E-state index is -0.0844. The van der Waals surface area contributed by atoms with E-state index in [4.69, 9.17) is 19.2 Å². The number of carbonyl (C=O) groups is 1. The number of allylic oxidation sites excluding steroid dienone is 1. The summed E-state index contributed by atoms with van der Waals surface area (Å²) < 4.78 is 17.5. The number of rotatable bonds is 9. The van der Waals surface area contributed by atoms with E-state index >= 15 is 0 Å². The SMILES string of the molecule is C=N/C(=N\C=C(/C)OCCNC(C)=O)N[C@H]1CC[C@@H](Oc2nc(N3CCOCC3)cc3ncccc23)CC1. The molecule has 204 valence electrons. The van der Waals surface area contributed by atoms with Crippen LogP contribution in [-0.4, -0.2) is 80.2 Å². The molecule has 0 spiro atoms. The van der Waals surface area contributed by atoms with Gasteiger partial charge in [-0.1, -0.05) is 0 Å². The third-order valence-electron chi connectivity index (χ3n) is 6.50. The lowest BCUT2D eigenvalue weighted by Gasteiger charge is -2.31. The molecule has 2 N–H and O–H groups in total. The van der Waals surface area contributed by atoms with Crippen LogP contribution < -0.4 is 20.3 Å². The highest BCUT2D eigenvalue weighted by atomic mass is 16.5. The van der Waals surface area contributed by atoms with Crippen LogP contribution in [0.15, 0.2) is 46.3 Å². The minimum absolute atomic E-state index is 0.0696. The average molecular weight is 524 g/mol. The fraction of sp³-hybridized carbons (Fsp3) is 0.519. The van der Waals surface area contributed by atoms with Gasteiger partial charge in [-0.3, -0.25) is 9.78 Å². The second kappa shape index (κ2) is 13.7. The maximum atomic E-state index is 10.9. The maximum Gasteiger partial charge on any atom is 0.225 e. The van der Waals surface area contributed by atoms with Crippen molar-refractivity contribution in [1.82, 2.24) is 20.6 Å². The predicted molar refractivity (Wildman–Crippen MR) is 148 cm³/mol. The van der Waals surface area contributed by atoms with E-state index in [1.54, 1.807) is 12.4 Å². The quantitative estimate of drug-likeness (QED) is 0.223. The van der Waals surface area contributed by atoms with Crippen molar-refractivity contribution in [2.45, 2.75) is 51.7 Å². The Bertz CT molecular complexity index is 1160. The molecule has 0 unspecified atom stereocenters. The first-order valence-corrected chi connectivity index (χ1v) is 13.1. The fourth-order valence-electron chi connectivity index (χ4n) is 4.49. The van der Waals surface area contributed by atoms with Gasteiger partial charge in [0.15, 0.2) is 0 Å². The average Bonchev–Trinajstić information content (AvgIpc) is 2.94. The summed E-state index contributed by atoms with van der Waals surface area (Å²) in [4.78, 5) is 31.0. The molecule has 0 radical (unpaired) electrons. The summed E-state index contributed by atoms with van der Waals surface area (Å²) in [5.74, 6) is 2.52. The van der Waals surface area contributed by atoms with E-state index in [0.717, 1.165) is 55.5 Å². The van der Waals surface area contributed by atoms with Crippen molar-refractivity contribution in [2.75, 3.05) is 44.4 Å². The lowest BCUT2D eigenvalue weighted by molar-refractivity contribution is -0.119. The van der Waals surface area contributed by atoms with Crippen LogP contribution in [0, 0.1) is 0 Å². The number of hydrogen-bond acceptors (Lipinski definition) is 8. The first kappa shape index (κ1) is 27.3. The number of ether oxygens (including phenoxy) is 3. The van der Waals surface area contributed by atoms with Crippen LogP contribution in [0.4, 0.5) is 5.82 Å². The van der Waals surface area contributed by atoms with Crippen LogP contribution in [0.3, 0.4) is 0 Å². The van der Waals surface area contributed by atoms with Crippen LogP contribution in [0.25, 0.3) is 10.9 Å². The number of pyridine rings is 2. The number of nitrogens with one attached hydrogen (secondary N) is 2. The number of aliphatic imine (C=N–C) groups is 2. The summed E-state index contributed by atoms with van der Waals surface area (Å²) in [6.07, 6.45) is 7.06. The topological polar surface area (TPSA) is 123 Å². The summed E-state index contributed by atoms with van der Waals surface area (Å²) in [5, 5.41) is 6.99. The third-order valence-corrected chi connectivity index (χ3v) is 6.50. The summed E-state index contributed by atoms with van der Waals surface area (Å²) in [6, 6.07) is 6.18. The van der Waals surface area contributed by atoms with Crippen LogP contribution in [-0.2, 0) is 14.3 Å². The lowest BCUT2D eigenvalue weighted by Crippen LogP contribution is -2.39. The monoisotopic (exact) mass is 523 g/mol. The van der Waals surface area contributed by atoms with E-state index in [2.05, 4.69) is 37.2 Å². The van der Waals surface area contributed by atoms with Crippen molar-refractivity contribution in [3.63, 3.8) is 0 Å². The van der Waals surface area contributed by atoms with E-state index in [1.807, 2.05) is 25.1 Å². The number of amides is 1. The maximum absolute atomic E-state index is 10.9. The highest BCUT2D eigenvalue weighted by molar-refractivity contribution is 5.86. The Labute approximate surface area is 223 Å². The first-order chi connectivity index (χ1) is 18.5. The van der Waals surface area contributed by atoms with E-state index in [9.17, 15) is 4.79 Å². The molecule has 1 saturated carbocycles. The number of guanidine groups is 1. The molecule has 0 bridgehead atoms. The van der Waals surface area contributed by atoms with Crippen LogP contribution in [0.1, 0.15) is 39.5 Å². The van der Waals surface area contributed by atoms with Gasteiger partial charge in [-0.05, 0) is 51.5 Å². The van der Waals surface area contributed by atoms with Gasteiger partial charge in [0.2, 0.25) is 17.7 Å². The van der Waals surface area contributed by atoms with Crippen LogP contribution >= 0.6 is 0 Å². The summed E-state index contributed by atoms with van der Waals surface area (Å²) in [7, 11) is 0. The molecule has 1 aliphatic heterocycles. The number of fused-ring (bicyclic) bond motifs is 1. The Morgan fingerprint density at radius 2 is 2.05 bits per heavy atom. The van der Waals surface area contributed by atoms with Gasteiger partial charge in [0, 0.05) is 38.3 Å². The van der Waals surface area contributed by atoms with Crippen molar-refractivity contribution >= 4 is 35.3 Å². The molecule has 2 fully saturated rings. The zero-order chi connectivity index (χ0) is 26.7. The highest BCUT2D eigenvalue weighted by Crippen LogP contribution is 2.31. The zero-order valence-electron chi connectivity index (χ0n) is 22.2. The van der Waals surface area contributed by atoms with Gasteiger partial charge < -0.3 is 29.7 Å². The largest absolute Gasteiger partial charge is 0.495 e. The van der Waals surface area contributed by atoms with Crippen molar-refractivity contribution in [1.29, 1.82) is 0 Å². The number of morpholine rings is 1. The molecule has 0 aromatic carbocycles. The molecular weight excluding hydrogens is 486 g/mol. The van der Waals surface area contributed by atoms with Crippen molar-refractivity contribution in [2.24, 2.45) is 9.98 Å². The Kier molecular flexibility index (Phi) is 9.85. The molecular formula is C27H37N7O4. The molecule has 38 heavy (non-hydrogen) atoms. The van der Waals surface area contributed by atoms with Gasteiger partial charge in [0.25, 0.3) is 0 Å². The molecule has 4 rings (SSSR count). The Morgan fingerprint density at radius 3 is 2.79 bits per heavy atom. The number of nitrogens with zero attached hydrogens (tertiary/aromatic N) is 5. The van der Waals surface area contributed by atoms with Crippen molar-refractivity contribution < 1.29 is 19.0 Å². The molecule has 0 atom stereocenters. The normalized spacial score (nSPS) is 20.6. The highest BCUT2D eigenvalue weighted by Gasteiger charge is 2.25. The molecule has 11 heteroatoms. The zero-order valence-corrected chi connectivity index (χ0v) is 22.2. The second-order valence-electron chi connectivity index (χ2n) is 9.37. The van der Waals surface area contributed by atoms with Crippen molar-refractivity contribution in [3.05, 3.63) is 36.4 Å². The molecule has 2 aliphatic rings. The summed E-state index contributed by atoms with van der Waals surface area (Å²) in [6.45, 7) is 10.7. The van der Waals surface area contributed by atoms with Crippen LogP contribution in [0.2, 0.25) is 0 Å². The van der Waals surface area contributed by atoms with E-state index in [0.29, 0.717) is 44.0 Å². The number of carbonyl (C=O) groups excluding carboxylic acids is 1. The fourth-order valence-corrected chi connectivity index (χ4v) is 4.49. The predicted octanol–water partition coefficient (Wildman–Crippen LogP) is 2.82. The smallest absolute Gasteiger partial charge is 0.225 e. The van der Waals surface area contributed by atoms with Gasteiger partial charge in [-0.2, -0.15) is 4.98 Å². The minimum Gasteiger partial charge on any atom is -0.495 e. The number of aromatic nitrogens is 2. The summed E-state index contributed by atoms with van der Waals surface area (Å²) in [5.41, 5.74) is 0.884. The molecule has 2 aromatic rings. The molecule has 2 aromatic heterocycles. The van der Waals surface area contributed by atoms with E-state index in [-0.39, 0.29) is 18.1 Å². The lowest BCUT2D eigenvalue weighted by atomic mass is 9.93. The first-order valence-electron chi connectivity index (χ1n) is 13.1. The Morgan fingerprint density at radius 1 is 1.26 bits per heavy atom. The Hall–Kier alpha value is -3.73. The molecule has 1 amide bonds. The van der Waals surface area contributed by atoms with E-state index < -0.39 is 0 Å². The molecule has 3 heterocycles. The van der Waals surface area contributed by atoms with Crippen molar-refractivity contribution in [3.8, 4) is 5.88 Å². The third kappa shape index (κ3) is 7.88. The summed E-state index contributed by atoms with van der Waals surface area (Å²) >= 11 is 0. The van der Waals surface area contributed by atoms with Gasteiger partial charge >= 0.3 is 0 Å².